The van der Waals surface area contributed by atoms with Gasteiger partial charge in [0.2, 0.25) is 0 Å². The van der Waals surface area contributed by atoms with E-state index < -0.39 is 13.8 Å². The number of rotatable bonds is 10. The molecule has 1 aromatic rings. The lowest BCUT2D eigenvalue weighted by atomic mass is 10.1. The molecule has 1 amide bonds. The number of aliphatic hydroxyl groups excluding tert-OH is 1. The highest BCUT2D eigenvalue weighted by Crippen LogP contribution is 2.49. The van der Waals surface area contributed by atoms with E-state index in [1.807, 2.05) is 0 Å². The highest BCUT2D eigenvalue weighted by molar-refractivity contribution is 7.54. The van der Waals surface area contributed by atoms with Crippen molar-refractivity contribution in [3.05, 3.63) is 59.3 Å². The van der Waals surface area contributed by atoms with E-state index in [-0.39, 0.29) is 31.8 Å². The molecule has 1 aliphatic rings. The number of benzene rings is 1. The van der Waals surface area contributed by atoms with Crippen LogP contribution < -0.4 is 5.32 Å². The van der Waals surface area contributed by atoms with Gasteiger partial charge in [-0.1, -0.05) is 24.3 Å². The Morgan fingerprint density at radius 1 is 1.30 bits per heavy atom. The number of carbonyl (C=O) groups is 1. The molecule has 2 N–H and O–H groups in total. The Labute approximate surface area is 160 Å². The fourth-order valence-electron chi connectivity index (χ4n) is 2.93. The van der Waals surface area contributed by atoms with Crippen molar-refractivity contribution in [3.63, 3.8) is 0 Å². The SMILES string of the molecule is CCOP(=O)(C/C(=C/C=C\NC)CN1C(=O)c2ccccc2C1O)OCC. The van der Waals surface area contributed by atoms with Gasteiger partial charge in [-0.25, -0.2) is 0 Å². The molecule has 0 bridgehead atoms. The van der Waals surface area contributed by atoms with E-state index in [4.69, 9.17) is 9.05 Å². The Balaban J connectivity index is 2.25. The maximum atomic E-state index is 12.9. The fourth-order valence-corrected chi connectivity index (χ4v) is 4.68. The van der Waals surface area contributed by atoms with Gasteiger partial charge in [-0.15, -0.1) is 0 Å². The van der Waals surface area contributed by atoms with Crippen molar-refractivity contribution in [1.29, 1.82) is 0 Å². The zero-order valence-corrected chi connectivity index (χ0v) is 16.8. The van der Waals surface area contributed by atoms with Gasteiger partial charge >= 0.3 is 7.60 Å². The van der Waals surface area contributed by atoms with Crippen LogP contribution >= 0.6 is 7.60 Å². The summed E-state index contributed by atoms with van der Waals surface area (Å²) in [5.41, 5.74) is 1.71. The summed E-state index contributed by atoms with van der Waals surface area (Å²) in [7, 11) is -1.57. The second-order valence-corrected chi connectivity index (χ2v) is 8.03. The summed E-state index contributed by atoms with van der Waals surface area (Å²) in [6.45, 7) is 4.13. The number of aliphatic hydroxyl groups is 1. The third kappa shape index (κ3) is 5.30. The zero-order chi connectivity index (χ0) is 19.9. The summed E-state index contributed by atoms with van der Waals surface area (Å²) < 4.78 is 23.7. The second kappa shape index (κ2) is 9.85. The number of amides is 1. The Morgan fingerprint density at radius 2 is 1.96 bits per heavy atom. The quantitative estimate of drug-likeness (QED) is 0.468. The minimum atomic E-state index is -3.34. The van der Waals surface area contributed by atoms with Gasteiger partial charge in [0.05, 0.1) is 19.4 Å². The van der Waals surface area contributed by atoms with Crippen molar-refractivity contribution >= 4 is 13.5 Å². The highest BCUT2D eigenvalue weighted by atomic mass is 31.2. The molecule has 0 aliphatic carbocycles. The van der Waals surface area contributed by atoms with E-state index >= 15 is 0 Å². The molecule has 27 heavy (non-hydrogen) atoms. The summed E-state index contributed by atoms with van der Waals surface area (Å²) in [5, 5.41) is 13.4. The summed E-state index contributed by atoms with van der Waals surface area (Å²) in [6, 6.07) is 6.96. The van der Waals surface area contributed by atoms with Gasteiger partial charge in [0.25, 0.3) is 5.91 Å². The van der Waals surface area contributed by atoms with Crippen LogP contribution in [0.1, 0.15) is 36.0 Å². The van der Waals surface area contributed by atoms with Gasteiger partial charge in [0, 0.05) is 24.7 Å². The molecule has 0 fully saturated rings. The molecule has 2 rings (SSSR count). The lowest BCUT2D eigenvalue weighted by Crippen LogP contribution is -2.31. The van der Waals surface area contributed by atoms with Gasteiger partial charge < -0.3 is 24.4 Å². The van der Waals surface area contributed by atoms with Crippen molar-refractivity contribution in [2.45, 2.75) is 20.1 Å². The molecule has 0 saturated carbocycles. The molecule has 8 heteroatoms. The second-order valence-electron chi connectivity index (χ2n) is 5.97. The van der Waals surface area contributed by atoms with Crippen LogP contribution in [0.15, 0.2) is 48.2 Å². The third-order valence-corrected chi connectivity index (χ3v) is 6.14. The standard InChI is InChI=1S/C19H27N2O5P/c1-4-25-27(24,26-5-2)14-15(9-8-12-20-3)13-21-18(22)16-10-6-7-11-17(16)19(21)23/h6-12,18,20,22H,4-5,13-14H2,1-3H3/b12-8-,15-9+. The van der Waals surface area contributed by atoms with Crippen LogP contribution in [0, 0.1) is 0 Å². The smallest absolute Gasteiger partial charge is 0.334 e. The number of fused-ring (bicyclic) bond motifs is 1. The molecule has 7 nitrogen and oxygen atoms in total. The number of allylic oxidation sites excluding steroid dienone is 2. The van der Waals surface area contributed by atoms with Gasteiger partial charge in [-0.05, 0) is 37.8 Å². The normalized spacial score (nSPS) is 17.6. The molecule has 1 aliphatic heterocycles. The zero-order valence-electron chi connectivity index (χ0n) is 15.9. The van der Waals surface area contributed by atoms with Crippen molar-refractivity contribution in [3.8, 4) is 0 Å². The van der Waals surface area contributed by atoms with Crippen LogP contribution in [-0.4, -0.2) is 48.9 Å². The monoisotopic (exact) mass is 394 g/mol. The van der Waals surface area contributed by atoms with Gasteiger partial charge in [-0.2, -0.15) is 0 Å². The highest BCUT2D eigenvalue weighted by Gasteiger charge is 2.36. The minimum Gasteiger partial charge on any atom is -0.394 e. The Kier molecular flexibility index (Phi) is 7.80. The number of hydrogen-bond acceptors (Lipinski definition) is 6. The van der Waals surface area contributed by atoms with Gasteiger partial charge in [0.1, 0.15) is 0 Å². The molecule has 0 saturated heterocycles. The summed E-state index contributed by atoms with van der Waals surface area (Å²) in [6.07, 6.45) is 4.21. The van der Waals surface area contributed by atoms with Crippen LogP contribution in [0.2, 0.25) is 0 Å². The summed E-state index contributed by atoms with van der Waals surface area (Å²) in [4.78, 5) is 14.0. The first-order chi connectivity index (χ1) is 13.0. The van der Waals surface area contributed by atoms with Crippen molar-refractivity contribution in [2.24, 2.45) is 0 Å². The third-order valence-electron chi connectivity index (χ3n) is 4.04. The predicted octanol–water partition coefficient (Wildman–Crippen LogP) is 3.06. The molecule has 1 aromatic carbocycles. The molecule has 1 atom stereocenters. The number of hydrogen-bond donors (Lipinski definition) is 2. The van der Waals surface area contributed by atoms with Crippen LogP contribution in [0.25, 0.3) is 0 Å². The summed E-state index contributed by atoms with van der Waals surface area (Å²) in [5.74, 6) is -0.260. The average Bonchev–Trinajstić information content (AvgIpc) is 2.87. The Hall–Kier alpha value is -1.92. The van der Waals surface area contributed by atoms with E-state index in [2.05, 4.69) is 5.32 Å². The van der Waals surface area contributed by atoms with Crippen LogP contribution in [0.4, 0.5) is 0 Å². The van der Waals surface area contributed by atoms with Crippen molar-refractivity contribution in [1.82, 2.24) is 10.2 Å². The largest absolute Gasteiger partial charge is 0.394 e. The first-order valence-corrected chi connectivity index (χ1v) is 10.7. The van der Waals surface area contributed by atoms with E-state index in [0.717, 1.165) is 0 Å². The molecule has 1 unspecified atom stereocenters. The predicted molar refractivity (Wildman–Crippen MR) is 104 cm³/mol. The Bertz CT molecular complexity index is 752. The summed E-state index contributed by atoms with van der Waals surface area (Å²) >= 11 is 0. The lowest BCUT2D eigenvalue weighted by molar-refractivity contribution is 0.0219. The first kappa shape index (κ1) is 21.4. The van der Waals surface area contributed by atoms with E-state index in [0.29, 0.717) is 16.7 Å². The molecule has 0 spiro atoms. The average molecular weight is 394 g/mol. The van der Waals surface area contributed by atoms with Crippen LogP contribution in [-0.2, 0) is 13.6 Å². The molecule has 148 valence electrons. The van der Waals surface area contributed by atoms with Crippen molar-refractivity contribution in [2.75, 3.05) is 33.0 Å². The number of nitrogens with one attached hydrogen (secondary N) is 1. The maximum Gasteiger partial charge on any atom is 0.334 e. The molecule has 0 radical (unpaired) electrons. The van der Waals surface area contributed by atoms with Crippen LogP contribution in [0.5, 0.6) is 0 Å². The lowest BCUT2D eigenvalue weighted by Gasteiger charge is -2.24. The van der Waals surface area contributed by atoms with E-state index in [1.165, 1.54) is 4.90 Å². The van der Waals surface area contributed by atoms with Crippen molar-refractivity contribution < 1.29 is 23.5 Å². The fraction of sp³-hybridized carbons (Fsp3) is 0.421. The molecular formula is C19H27N2O5P. The first-order valence-electron chi connectivity index (χ1n) is 8.93. The van der Waals surface area contributed by atoms with Gasteiger partial charge in [-0.3, -0.25) is 9.36 Å². The molecule has 1 heterocycles. The van der Waals surface area contributed by atoms with Gasteiger partial charge in [0.15, 0.2) is 6.23 Å². The number of carbonyl (C=O) groups excluding carboxylic acids is 1. The topological polar surface area (TPSA) is 88.1 Å². The number of nitrogens with zero attached hydrogens (tertiary/aromatic N) is 1. The van der Waals surface area contributed by atoms with E-state index in [1.54, 1.807) is 63.5 Å². The van der Waals surface area contributed by atoms with E-state index in [9.17, 15) is 14.5 Å². The van der Waals surface area contributed by atoms with Crippen LogP contribution in [0.3, 0.4) is 0 Å². The maximum absolute atomic E-state index is 12.9. The Morgan fingerprint density at radius 3 is 2.56 bits per heavy atom. The molecule has 0 aromatic heterocycles. The molecular weight excluding hydrogens is 367 g/mol. The minimum absolute atomic E-state index is 0.0373.